The first-order valence-electron chi connectivity index (χ1n) is 10.7. The summed E-state index contributed by atoms with van der Waals surface area (Å²) in [5.74, 6) is 0.783. The minimum atomic E-state index is -0.712. The third-order valence-corrected chi connectivity index (χ3v) is 6.03. The number of anilines is 3. The fourth-order valence-corrected chi connectivity index (χ4v) is 3.90. The molecule has 0 radical (unpaired) electrons. The maximum atomic E-state index is 12.9. The van der Waals surface area contributed by atoms with Gasteiger partial charge in [0.05, 0.1) is 22.8 Å². The van der Waals surface area contributed by atoms with E-state index in [-0.39, 0.29) is 25.0 Å². The summed E-state index contributed by atoms with van der Waals surface area (Å²) in [5, 5.41) is 19.3. The van der Waals surface area contributed by atoms with Gasteiger partial charge in [0.15, 0.2) is 0 Å². The number of nitrogens with one attached hydrogen (secondary N) is 3. The number of amides is 2. The average molecular weight is 488 g/mol. The first-order chi connectivity index (χ1) is 16.4. The highest BCUT2D eigenvalue weighted by Crippen LogP contribution is 2.35. The van der Waals surface area contributed by atoms with Crippen LogP contribution in [0.1, 0.15) is 5.56 Å². The van der Waals surface area contributed by atoms with Gasteiger partial charge in [0, 0.05) is 44.6 Å². The number of rotatable bonds is 1. The molecule has 2 aliphatic rings. The van der Waals surface area contributed by atoms with Gasteiger partial charge in [0.25, 0.3) is 5.91 Å². The summed E-state index contributed by atoms with van der Waals surface area (Å²) in [6, 6.07) is 4.46. The lowest BCUT2D eigenvalue weighted by atomic mass is 10.1. The predicted molar refractivity (Wildman–Crippen MR) is 129 cm³/mol. The topological polar surface area (TPSA) is 132 Å². The number of likely N-dealkylation sites (N-methyl/N-ethyl adjacent to an activating group) is 2. The predicted octanol–water partition coefficient (Wildman–Crippen LogP) is 1.09. The van der Waals surface area contributed by atoms with E-state index in [2.05, 4.69) is 25.9 Å². The normalized spacial score (nSPS) is 21.1. The summed E-state index contributed by atoms with van der Waals surface area (Å²) in [6.45, 7) is 1.07. The average Bonchev–Trinajstić information content (AvgIpc) is 3.14. The number of fused-ring (bicyclic) bond motifs is 2. The van der Waals surface area contributed by atoms with E-state index in [1.165, 1.54) is 11.2 Å². The second-order valence-corrected chi connectivity index (χ2v) is 8.37. The summed E-state index contributed by atoms with van der Waals surface area (Å²) < 4.78 is 5.84. The molecule has 0 unspecified atom stereocenters. The molecule has 2 aliphatic heterocycles. The second-order valence-electron chi connectivity index (χ2n) is 7.96. The van der Waals surface area contributed by atoms with Crippen molar-refractivity contribution in [1.82, 2.24) is 19.8 Å². The molecule has 4 rings (SSSR count). The van der Waals surface area contributed by atoms with E-state index in [1.54, 1.807) is 43.4 Å². The fraction of sp³-hybridized carbons (Fsp3) is 0.364. The van der Waals surface area contributed by atoms with Crippen molar-refractivity contribution >= 4 is 46.3 Å². The number of hydrogen-bond donors (Lipinski definition) is 4. The van der Waals surface area contributed by atoms with E-state index in [0.717, 1.165) is 0 Å². The van der Waals surface area contributed by atoms with Crippen molar-refractivity contribution in [2.45, 2.75) is 6.04 Å². The highest BCUT2D eigenvalue weighted by molar-refractivity contribution is 6.33. The number of aliphatic hydroxyl groups excluding tert-OH is 1. The number of hydrogen-bond acceptors (Lipinski definition) is 9. The molecule has 2 bridgehead atoms. The van der Waals surface area contributed by atoms with Crippen molar-refractivity contribution in [2.24, 2.45) is 0 Å². The Morgan fingerprint density at radius 2 is 2.00 bits per heavy atom. The zero-order valence-electron chi connectivity index (χ0n) is 18.8. The molecule has 34 heavy (non-hydrogen) atoms. The number of carbonyl (C=O) groups excluding carboxylic acids is 2. The molecule has 1 aromatic heterocycles. The second kappa shape index (κ2) is 10.2. The van der Waals surface area contributed by atoms with Crippen molar-refractivity contribution in [3.8, 4) is 5.75 Å². The number of halogens is 1. The van der Waals surface area contributed by atoms with Gasteiger partial charge in [-0.1, -0.05) is 11.6 Å². The molecule has 3 heterocycles. The van der Waals surface area contributed by atoms with E-state index >= 15 is 0 Å². The Balaban J connectivity index is 1.68. The Kier molecular flexibility index (Phi) is 7.15. The number of nitrogens with zero attached hydrogens (tertiary/aromatic N) is 4. The molecule has 1 atom stereocenters. The Morgan fingerprint density at radius 3 is 2.79 bits per heavy atom. The number of carbonyl (C=O) groups is 2. The first-order valence-corrected chi connectivity index (χ1v) is 11.1. The third-order valence-electron chi connectivity index (χ3n) is 5.72. The van der Waals surface area contributed by atoms with Crippen LogP contribution in [-0.2, 0) is 9.59 Å². The van der Waals surface area contributed by atoms with Crippen molar-refractivity contribution in [1.29, 1.82) is 0 Å². The van der Waals surface area contributed by atoms with Gasteiger partial charge in [-0.2, -0.15) is 0 Å². The number of benzene rings is 1. The summed E-state index contributed by atoms with van der Waals surface area (Å²) in [5.41, 5.74) is 1.57. The smallest absolute Gasteiger partial charge is 0.259 e. The quantitative estimate of drug-likeness (QED) is 0.466. The van der Waals surface area contributed by atoms with Gasteiger partial charge >= 0.3 is 0 Å². The van der Waals surface area contributed by atoms with Crippen LogP contribution in [0.15, 0.2) is 30.7 Å². The molecular weight excluding hydrogens is 462 g/mol. The molecule has 180 valence electrons. The highest BCUT2D eigenvalue weighted by Gasteiger charge is 2.30. The Hall–Kier alpha value is -3.41. The van der Waals surface area contributed by atoms with Gasteiger partial charge < -0.3 is 30.7 Å². The zero-order valence-corrected chi connectivity index (χ0v) is 19.6. The van der Waals surface area contributed by atoms with Crippen LogP contribution in [0.3, 0.4) is 0 Å². The van der Waals surface area contributed by atoms with Gasteiger partial charge in [-0.25, -0.2) is 9.97 Å². The molecule has 2 aromatic rings. The van der Waals surface area contributed by atoms with E-state index < -0.39 is 6.04 Å². The van der Waals surface area contributed by atoms with E-state index in [0.29, 0.717) is 58.9 Å². The summed E-state index contributed by atoms with van der Waals surface area (Å²) >= 11 is 6.29. The van der Waals surface area contributed by atoms with Crippen LogP contribution in [0.4, 0.5) is 17.3 Å². The molecule has 0 spiro atoms. The summed E-state index contributed by atoms with van der Waals surface area (Å²) in [4.78, 5) is 37.3. The molecule has 0 aliphatic carbocycles. The zero-order chi connectivity index (χ0) is 24.2. The molecule has 12 heteroatoms. The van der Waals surface area contributed by atoms with Gasteiger partial charge in [-0.05, 0) is 19.2 Å². The van der Waals surface area contributed by atoms with Crippen molar-refractivity contribution < 1.29 is 19.4 Å². The first kappa shape index (κ1) is 23.7. The molecule has 4 N–H and O–H groups in total. The van der Waals surface area contributed by atoms with E-state index in [1.807, 2.05) is 0 Å². The minimum absolute atomic E-state index is 0.220. The Morgan fingerprint density at radius 1 is 1.21 bits per heavy atom. The van der Waals surface area contributed by atoms with Crippen LogP contribution in [0.25, 0.3) is 5.57 Å². The van der Waals surface area contributed by atoms with Crippen molar-refractivity contribution in [3.63, 3.8) is 0 Å². The lowest BCUT2D eigenvalue weighted by molar-refractivity contribution is -0.136. The molecule has 0 fully saturated rings. The van der Waals surface area contributed by atoms with Crippen LogP contribution >= 0.6 is 11.6 Å². The SMILES string of the molecule is CN1CCNc2ncnc3c2/C(=C/Nc2ccc(Cl)c(c2)OCCN(C)[C@H](CO)C1=O)C(=O)N3. The third kappa shape index (κ3) is 4.91. The molecular formula is C22H26ClN7O4. The largest absolute Gasteiger partial charge is 0.491 e. The number of ether oxygens (including phenoxy) is 1. The van der Waals surface area contributed by atoms with Crippen molar-refractivity contribution in [2.75, 3.05) is 62.9 Å². The van der Waals surface area contributed by atoms with Crippen LogP contribution in [0.2, 0.25) is 5.02 Å². The number of aromatic nitrogens is 2. The van der Waals surface area contributed by atoms with Crippen molar-refractivity contribution in [3.05, 3.63) is 41.3 Å². The molecule has 2 amide bonds. The molecule has 11 nitrogen and oxygen atoms in total. The molecule has 1 aromatic carbocycles. The van der Waals surface area contributed by atoms with Gasteiger partial charge in [-0.15, -0.1) is 0 Å². The number of aliphatic hydroxyl groups is 1. The molecule has 0 saturated carbocycles. The van der Waals surface area contributed by atoms with Gasteiger partial charge in [0.1, 0.15) is 36.4 Å². The Bertz CT molecular complexity index is 1130. The van der Waals surface area contributed by atoms with Crippen LogP contribution < -0.4 is 20.7 Å². The van der Waals surface area contributed by atoms with E-state index in [4.69, 9.17) is 16.3 Å². The van der Waals surface area contributed by atoms with Crippen LogP contribution in [0, 0.1) is 0 Å². The fourth-order valence-electron chi connectivity index (χ4n) is 3.72. The lowest BCUT2D eigenvalue weighted by Gasteiger charge is -2.29. The highest BCUT2D eigenvalue weighted by atomic mass is 35.5. The maximum absolute atomic E-state index is 12.9. The Labute approximate surface area is 201 Å². The minimum Gasteiger partial charge on any atom is -0.491 e. The standard InChI is InChI=1S/C22H26ClN7O4/c1-29-7-8-34-17-9-13(3-4-15(17)23)25-10-14-18-19(26-12-27-20(18)28-21(14)32)24-5-6-30(2)22(33)16(29)11-31/h3-4,9-10,12,16,25,31H,5-8,11H2,1-2H3,(H2,24,26,27,28,32)/b14-10-/t16-/m1/s1. The van der Waals surface area contributed by atoms with Crippen LogP contribution in [-0.4, -0.2) is 89.7 Å². The van der Waals surface area contributed by atoms with Gasteiger partial charge in [-0.3, -0.25) is 14.5 Å². The van der Waals surface area contributed by atoms with Gasteiger partial charge in [0.2, 0.25) is 5.91 Å². The van der Waals surface area contributed by atoms with Crippen LogP contribution in [0.5, 0.6) is 5.75 Å². The summed E-state index contributed by atoms with van der Waals surface area (Å²) in [6.07, 6.45) is 2.94. The maximum Gasteiger partial charge on any atom is 0.259 e. The molecule has 0 saturated heterocycles. The monoisotopic (exact) mass is 487 g/mol. The van der Waals surface area contributed by atoms with E-state index in [9.17, 15) is 14.7 Å². The summed E-state index contributed by atoms with van der Waals surface area (Å²) in [7, 11) is 3.43. The lowest BCUT2D eigenvalue weighted by Crippen LogP contribution is -2.50.